The summed E-state index contributed by atoms with van der Waals surface area (Å²) < 4.78 is 4.60. The van der Waals surface area contributed by atoms with E-state index in [2.05, 4.69) is 80.5 Å². The number of carbonyl (C=O) groups excluding carboxylic acids is 1. The Labute approximate surface area is 190 Å². The van der Waals surface area contributed by atoms with Gasteiger partial charge in [-0.1, -0.05) is 60.7 Å². The van der Waals surface area contributed by atoms with E-state index in [-0.39, 0.29) is 6.04 Å². The lowest BCUT2D eigenvalue weighted by molar-refractivity contribution is -0.134. The van der Waals surface area contributed by atoms with Gasteiger partial charge in [0.15, 0.2) is 0 Å². The Kier molecular flexibility index (Phi) is 8.95. The third kappa shape index (κ3) is 7.96. The Morgan fingerprint density at radius 1 is 1.03 bits per heavy atom. The van der Waals surface area contributed by atoms with E-state index in [0.29, 0.717) is 11.5 Å². The molecule has 32 heavy (non-hydrogen) atoms. The molecule has 0 saturated heterocycles. The van der Waals surface area contributed by atoms with Gasteiger partial charge in [-0.25, -0.2) is 9.78 Å². The van der Waals surface area contributed by atoms with Crippen molar-refractivity contribution in [3.05, 3.63) is 96.0 Å². The van der Waals surface area contributed by atoms with Crippen molar-refractivity contribution in [3.63, 3.8) is 0 Å². The monoisotopic (exact) mass is 430 g/mol. The van der Waals surface area contributed by atoms with Gasteiger partial charge in [-0.3, -0.25) is 4.98 Å². The molecule has 6 heteroatoms. The second kappa shape index (κ2) is 12.4. The van der Waals surface area contributed by atoms with Crippen molar-refractivity contribution in [1.82, 2.24) is 14.9 Å². The van der Waals surface area contributed by atoms with E-state index in [4.69, 9.17) is 0 Å². The molecule has 0 aliphatic carbocycles. The number of rotatable bonds is 11. The van der Waals surface area contributed by atoms with Crippen LogP contribution in [0.2, 0.25) is 0 Å². The van der Waals surface area contributed by atoms with Crippen molar-refractivity contribution in [1.29, 1.82) is 0 Å². The molecule has 0 radical (unpaired) electrons. The summed E-state index contributed by atoms with van der Waals surface area (Å²) in [5.41, 5.74) is 3.21. The number of hydrogen-bond donors (Lipinski definition) is 1. The molecule has 2 aromatic carbocycles. The summed E-state index contributed by atoms with van der Waals surface area (Å²) in [6.45, 7) is 1.75. The number of nitrogens with zero attached hydrogens (tertiary/aromatic N) is 3. The van der Waals surface area contributed by atoms with Crippen molar-refractivity contribution in [2.75, 3.05) is 26.0 Å². The molecule has 0 aliphatic heterocycles. The highest BCUT2D eigenvalue weighted by Gasteiger charge is 2.13. The molecular formula is C26H30N4O2. The molecule has 3 rings (SSSR count). The minimum absolute atomic E-state index is 0.203. The van der Waals surface area contributed by atoms with Gasteiger partial charge in [0.1, 0.15) is 5.82 Å². The standard InChI is InChI=1S/C26H30N4O2/c1-30(19-22-11-7-4-8-12-22)20-24(14-13-21-9-5-3-6-10-21)29-25-18-27-23(17-28-25)15-16-26(31)32-2/h3-12,15-18,24H,13-14,19-20H2,1-2H3,(H,28,29)/b16-15+/t24-/m1/s1. The van der Waals surface area contributed by atoms with Crippen LogP contribution in [0.5, 0.6) is 0 Å². The lowest BCUT2D eigenvalue weighted by Gasteiger charge is -2.25. The summed E-state index contributed by atoms with van der Waals surface area (Å²) in [4.78, 5) is 22.4. The van der Waals surface area contributed by atoms with Gasteiger partial charge in [0.2, 0.25) is 0 Å². The topological polar surface area (TPSA) is 67.3 Å². The quantitative estimate of drug-likeness (QED) is 0.363. The number of methoxy groups -OCH3 is 1. The van der Waals surface area contributed by atoms with Gasteiger partial charge in [-0.05, 0) is 37.1 Å². The first-order valence-corrected chi connectivity index (χ1v) is 10.7. The minimum Gasteiger partial charge on any atom is -0.466 e. The smallest absolute Gasteiger partial charge is 0.330 e. The van der Waals surface area contributed by atoms with E-state index in [1.807, 2.05) is 12.1 Å². The molecule has 1 atom stereocenters. The van der Waals surface area contributed by atoms with Gasteiger partial charge in [0.25, 0.3) is 0 Å². The van der Waals surface area contributed by atoms with Crippen molar-refractivity contribution >= 4 is 17.9 Å². The number of nitrogens with one attached hydrogen (secondary N) is 1. The summed E-state index contributed by atoms with van der Waals surface area (Å²) in [5.74, 6) is 0.294. The number of aryl methyl sites for hydroxylation is 1. The summed E-state index contributed by atoms with van der Waals surface area (Å²) in [6.07, 6.45) is 8.20. The molecule has 0 bridgehead atoms. The normalized spacial score (nSPS) is 12.1. The van der Waals surface area contributed by atoms with Crippen LogP contribution >= 0.6 is 0 Å². The molecule has 6 nitrogen and oxygen atoms in total. The molecule has 0 fully saturated rings. The molecule has 3 aromatic rings. The number of esters is 1. The molecule has 1 aromatic heterocycles. The predicted molar refractivity (Wildman–Crippen MR) is 128 cm³/mol. The van der Waals surface area contributed by atoms with Gasteiger partial charge >= 0.3 is 5.97 Å². The maximum absolute atomic E-state index is 11.2. The van der Waals surface area contributed by atoms with Gasteiger partial charge < -0.3 is 15.0 Å². The number of ether oxygens (including phenoxy) is 1. The fourth-order valence-corrected chi connectivity index (χ4v) is 3.46. The number of aromatic nitrogens is 2. The number of anilines is 1. The maximum atomic E-state index is 11.2. The Hall–Kier alpha value is -3.51. The number of hydrogen-bond acceptors (Lipinski definition) is 6. The van der Waals surface area contributed by atoms with Crippen LogP contribution in [0, 0.1) is 0 Å². The minimum atomic E-state index is -0.420. The van der Waals surface area contributed by atoms with Crippen molar-refractivity contribution in [2.24, 2.45) is 0 Å². The number of likely N-dealkylation sites (N-methyl/N-ethyl adjacent to an activating group) is 1. The van der Waals surface area contributed by atoms with Crippen LogP contribution in [-0.2, 0) is 22.5 Å². The predicted octanol–water partition coefficient (Wildman–Crippen LogP) is 4.21. The van der Waals surface area contributed by atoms with Gasteiger partial charge in [0, 0.05) is 25.2 Å². The molecule has 0 saturated carbocycles. The zero-order valence-corrected chi connectivity index (χ0v) is 18.6. The molecule has 0 unspecified atom stereocenters. The summed E-state index contributed by atoms with van der Waals surface area (Å²) in [6, 6.07) is 21.2. The molecule has 166 valence electrons. The van der Waals surface area contributed by atoms with Crippen molar-refractivity contribution < 1.29 is 9.53 Å². The average Bonchev–Trinajstić information content (AvgIpc) is 2.83. The van der Waals surface area contributed by atoms with Crippen molar-refractivity contribution in [2.45, 2.75) is 25.4 Å². The first-order chi connectivity index (χ1) is 15.6. The molecular weight excluding hydrogens is 400 g/mol. The van der Waals surface area contributed by atoms with Crippen LogP contribution in [0.1, 0.15) is 23.2 Å². The number of carbonyl (C=O) groups is 1. The largest absolute Gasteiger partial charge is 0.466 e. The first kappa shape index (κ1) is 23.2. The van der Waals surface area contributed by atoms with E-state index in [1.54, 1.807) is 18.5 Å². The first-order valence-electron chi connectivity index (χ1n) is 10.7. The fourth-order valence-electron chi connectivity index (χ4n) is 3.46. The van der Waals surface area contributed by atoms with Gasteiger partial charge in [-0.15, -0.1) is 0 Å². The van der Waals surface area contributed by atoms with E-state index in [0.717, 1.165) is 25.9 Å². The Morgan fingerprint density at radius 2 is 1.72 bits per heavy atom. The molecule has 0 amide bonds. The van der Waals surface area contributed by atoms with E-state index < -0.39 is 5.97 Å². The average molecular weight is 431 g/mol. The van der Waals surface area contributed by atoms with E-state index in [9.17, 15) is 4.79 Å². The summed E-state index contributed by atoms with van der Waals surface area (Å²) in [7, 11) is 3.48. The third-order valence-electron chi connectivity index (χ3n) is 5.07. The zero-order chi connectivity index (χ0) is 22.6. The van der Waals surface area contributed by atoms with E-state index in [1.165, 1.54) is 24.3 Å². The fraction of sp³-hybridized carbons (Fsp3) is 0.269. The summed E-state index contributed by atoms with van der Waals surface area (Å²) in [5, 5.41) is 3.54. The van der Waals surface area contributed by atoms with Crippen molar-refractivity contribution in [3.8, 4) is 0 Å². The van der Waals surface area contributed by atoms with Crippen LogP contribution in [0.15, 0.2) is 79.1 Å². The van der Waals surface area contributed by atoms with Crippen LogP contribution in [0.25, 0.3) is 6.08 Å². The van der Waals surface area contributed by atoms with E-state index >= 15 is 0 Å². The highest BCUT2D eigenvalue weighted by atomic mass is 16.5. The second-order valence-electron chi connectivity index (χ2n) is 7.73. The van der Waals surface area contributed by atoms with Crippen LogP contribution < -0.4 is 5.32 Å². The molecule has 1 N–H and O–H groups in total. The Morgan fingerprint density at radius 3 is 2.34 bits per heavy atom. The molecule has 0 aliphatic rings. The summed E-state index contributed by atoms with van der Waals surface area (Å²) >= 11 is 0. The van der Waals surface area contributed by atoms with Crippen LogP contribution in [-0.4, -0.2) is 47.6 Å². The number of benzene rings is 2. The molecule has 1 heterocycles. The third-order valence-corrected chi connectivity index (χ3v) is 5.07. The Balaban J connectivity index is 1.64. The Bertz CT molecular complexity index is 976. The molecule has 0 spiro atoms. The second-order valence-corrected chi connectivity index (χ2v) is 7.73. The highest BCUT2D eigenvalue weighted by molar-refractivity contribution is 5.86. The van der Waals surface area contributed by atoms with Gasteiger partial charge in [-0.2, -0.15) is 0 Å². The lowest BCUT2D eigenvalue weighted by Crippen LogP contribution is -2.35. The maximum Gasteiger partial charge on any atom is 0.330 e. The van der Waals surface area contributed by atoms with Crippen LogP contribution in [0.3, 0.4) is 0 Å². The highest BCUT2D eigenvalue weighted by Crippen LogP contribution is 2.13. The zero-order valence-electron chi connectivity index (χ0n) is 18.6. The van der Waals surface area contributed by atoms with Gasteiger partial charge in [0.05, 0.1) is 25.2 Å². The lowest BCUT2D eigenvalue weighted by atomic mass is 10.0. The van der Waals surface area contributed by atoms with Crippen LogP contribution in [0.4, 0.5) is 5.82 Å². The SMILES string of the molecule is COC(=O)/C=C/c1cnc(N[C@H](CCc2ccccc2)CN(C)Cc2ccccc2)cn1.